The van der Waals surface area contributed by atoms with Gasteiger partial charge in [0.2, 0.25) is 6.33 Å². The second kappa shape index (κ2) is 4.12. The number of rotatable bonds is 4. The van der Waals surface area contributed by atoms with E-state index in [2.05, 4.69) is 10.1 Å². The molecule has 1 N–H and O–H groups in total. The summed E-state index contributed by atoms with van der Waals surface area (Å²) >= 11 is 0. The number of hydrogen-bond donors (Lipinski definition) is 1. The van der Waals surface area contributed by atoms with E-state index in [1.54, 1.807) is 0 Å². The topological polar surface area (TPSA) is 111 Å². The highest BCUT2D eigenvalue weighted by atomic mass is 16.6. The summed E-state index contributed by atoms with van der Waals surface area (Å²) in [5, 5.41) is 21.9. The van der Waals surface area contributed by atoms with Gasteiger partial charge in [0.15, 0.2) is 0 Å². The van der Waals surface area contributed by atoms with Gasteiger partial charge in [-0.3, -0.25) is 0 Å². The molecule has 0 spiro atoms. The number of aliphatic carboxylic acids is 1. The first-order valence-electron chi connectivity index (χ1n) is 3.53. The smallest absolute Gasteiger partial charge is 0.478 e. The molecule has 0 amide bonds. The van der Waals surface area contributed by atoms with Crippen LogP contribution >= 0.6 is 0 Å². The predicted octanol–water partition coefficient (Wildman–Crippen LogP) is -0.173. The highest BCUT2D eigenvalue weighted by Crippen LogP contribution is 1.99. The number of carbonyl (C=O) groups is 1. The summed E-state index contributed by atoms with van der Waals surface area (Å²) in [6, 6.07) is 0. The van der Waals surface area contributed by atoms with Crippen LogP contribution in [0.5, 0.6) is 0 Å². The van der Waals surface area contributed by atoms with Crippen LogP contribution in [-0.2, 0) is 11.3 Å². The van der Waals surface area contributed by atoms with Gasteiger partial charge < -0.3 is 15.2 Å². The zero-order chi connectivity index (χ0) is 10.6. The van der Waals surface area contributed by atoms with Crippen LogP contribution in [0.3, 0.4) is 0 Å². The zero-order valence-electron chi connectivity index (χ0n) is 6.90. The summed E-state index contributed by atoms with van der Waals surface area (Å²) in [7, 11) is 0. The quantitative estimate of drug-likeness (QED) is 0.408. The van der Waals surface area contributed by atoms with E-state index in [1.165, 1.54) is 6.08 Å². The number of nitrogens with zero attached hydrogens (tertiary/aromatic N) is 4. The monoisotopic (exact) mass is 198 g/mol. The van der Waals surface area contributed by atoms with Crippen molar-refractivity contribution in [3.63, 3.8) is 0 Å². The molecule has 8 heteroatoms. The third kappa shape index (κ3) is 2.66. The number of hydrogen-bond acceptors (Lipinski definition) is 5. The Kier molecular flexibility index (Phi) is 2.89. The molecule has 0 fully saturated rings. The van der Waals surface area contributed by atoms with Crippen molar-refractivity contribution in [1.82, 2.24) is 14.8 Å². The van der Waals surface area contributed by atoms with Crippen molar-refractivity contribution in [3.05, 3.63) is 28.6 Å². The van der Waals surface area contributed by atoms with Gasteiger partial charge in [-0.05, 0) is 4.92 Å². The van der Waals surface area contributed by atoms with Crippen molar-refractivity contribution < 1.29 is 14.8 Å². The minimum Gasteiger partial charge on any atom is -0.478 e. The molecular weight excluding hydrogens is 192 g/mol. The van der Waals surface area contributed by atoms with E-state index < -0.39 is 16.8 Å². The van der Waals surface area contributed by atoms with E-state index in [4.69, 9.17) is 5.11 Å². The summed E-state index contributed by atoms with van der Waals surface area (Å²) in [5.74, 6) is -1.59. The van der Waals surface area contributed by atoms with E-state index >= 15 is 0 Å². The molecule has 1 heterocycles. The van der Waals surface area contributed by atoms with Gasteiger partial charge in [-0.2, -0.15) is 4.68 Å². The van der Waals surface area contributed by atoms with E-state index in [0.717, 1.165) is 17.1 Å². The minimum atomic E-state index is -1.08. The lowest BCUT2D eigenvalue weighted by atomic mass is 10.5. The van der Waals surface area contributed by atoms with Crippen LogP contribution in [0.25, 0.3) is 0 Å². The molecule has 0 unspecified atom stereocenters. The van der Waals surface area contributed by atoms with Crippen molar-refractivity contribution in [2.24, 2.45) is 0 Å². The van der Waals surface area contributed by atoms with Gasteiger partial charge in [-0.25, -0.2) is 4.79 Å². The van der Waals surface area contributed by atoms with Crippen LogP contribution in [-0.4, -0.2) is 30.8 Å². The maximum Gasteiger partial charge on any atom is 0.490 e. The number of aromatic nitrogens is 3. The lowest BCUT2D eigenvalue weighted by Crippen LogP contribution is -1.98. The summed E-state index contributed by atoms with van der Waals surface area (Å²) in [6.07, 6.45) is 3.39. The first-order chi connectivity index (χ1) is 6.59. The molecule has 0 saturated heterocycles. The minimum absolute atomic E-state index is 0.132. The van der Waals surface area contributed by atoms with Gasteiger partial charge in [0.25, 0.3) is 0 Å². The summed E-state index contributed by atoms with van der Waals surface area (Å²) in [6.45, 7) is 0.132. The van der Waals surface area contributed by atoms with Crippen molar-refractivity contribution in [2.45, 2.75) is 6.54 Å². The Balaban J connectivity index is 2.60. The lowest BCUT2D eigenvalue weighted by Gasteiger charge is -1.86. The molecule has 0 radical (unpaired) electrons. The second-order valence-electron chi connectivity index (χ2n) is 2.26. The summed E-state index contributed by atoms with van der Waals surface area (Å²) in [5.41, 5.74) is 0. The maximum absolute atomic E-state index is 10.2. The molecule has 0 aromatic carbocycles. The molecular formula is C6H6N4O4. The Morgan fingerprint density at radius 3 is 3.00 bits per heavy atom. The van der Waals surface area contributed by atoms with Crippen molar-refractivity contribution in [1.29, 1.82) is 0 Å². The summed E-state index contributed by atoms with van der Waals surface area (Å²) < 4.78 is 1.16. The van der Waals surface area contributed by atoms with Gasteiger partial charge in [-0.1, -0.05) is 11.1 Å². The van der Waals surface area contributed by atoms with Gasteiger partial charge in [-0.15, -0.1) is 0 Å². The molecule has 1 aromatic rings. The van der Waals surface area contributed by atoms with Crippen LogP contribution in [0.4, 0.5) is 5.95 Å². The molecule has 1 aromatic heterocycles. The van der Waals surface area contributed by atoms with Crippen LogP contribution in [0.15, 0.2) is 18.5 Å². The summed E-state index contributed by atoms with van der Waals surface area (Å²) in [4.78, 5) is 22.9. The van der Waals surface area contributed by atoms with Crippen molar-refractivity contribution in [2.75, 3.05) is 0 Å². The second-order valence-corrected chi connectivity index (χ2v) is 2.26. The van der Waals surface area contributed by atoms with E-state index in [1.807, 2.05) is 0 Å². The van der Waals surface area contributed by atoms with Crippen LogP contribution < -0.4 is 0 Å². The highest BCUT2D eigenvalue weighted by Gasteiger charge is 2.11. The molecule has 8 nitrogen and oxygen atoms in total. The molecule has 74 valence electrons. The highest BCUT2D eigenvalue weighted by molar-refractivity contribution is 5.79. The average molecular weight is 198 g/mol. The Morgan fingerprint density at radius 2 is 2.50 bits per heavy atom. The third-order valence-electron chi connectivity index (χ3n) is 1.24. The molecule has 0 atom stereocenters. The first kappa shape index (κ1) is 9.84. The van der Waals surface area contributed by atoms with Gasteiger partial charge in [0.05, 0.1) is 6.54 Å². The SMILES string of the molecule is O=C(O)C=CCn1cnc([N+](=O)[O-])n1. The van der Waals surface area contributed by atoms with Crippen LogP contribution in [0.2, 0.25) is 0 Å². The molecule has 0 aliphatic carbocycles. The van der Waals surface area contributed by atoms with E-state index in [-0.39, 0.29) is 6.54 Å². The van der Waals surface area contributed by atoms with Gasteiger partial charge in [0.1, 0.15) is 0 Å². The third-order valence-corrected chi connectivity index (χ3v) is 1.24. The zero-order valence-corrected chi connectivity index (χ0v) is 6.90. The number of allylic oxidation sites excluding steroid dienone is 1. The molecule has 14 heavy (non-hydrogen) atoms. The fraction of sp³-hybridized carbons (Fsp3) is 0.167. The number of carboxylic acid groups (broad SMARTS) is 1. The molecule has 0 saturated carbocycles. The normalized spacial score (nSPS) is 10.6. The number of carboxylic acids is 1. The first-order valence-corrected chi connectivity index (χ1v) is 3.53. The average Bonchev–Trinajstić information content (AvgIpc) is 2.52. The Labute approximate surface area is 77.6 Å². The number of nitro groups is 1. The molecule has 0 bridgehead atoms. The van der Waals surface area contributed by atoms with Crippen molar-refractivity contribution >= 4 is 11.9 Å². The van der Waals surface area contributed by atoms with Crippen LogP contribution in [0.1, 0.15) is 0 Å². The lowest BCUT2D eigenvalue weighted by molar-refractivity contribution is -0.394. The molecule has 0 aliphatic rings. The fourth-order valence-electron chi connectivity index (χ4n) is 0.718. The van der Waals surface area contributed by atoms with E-state index in [0.29, 0.717) is 0 Å². The molecule has 0 aliphatic heterocycles. The van der Waals surface area contributed by atoms with Crippen LogP contribution in [0, 0.1) is 10.1 Å². The predicted molar refractivity (Wildman–Crippen MR) is 43.5 cm³/mol. The molecule has 1 rings (SSSR count). The largest absolute Gasteiger partial charge is 0.490 e. The fourth-order valence-corrected chi connectivity index (χ4v) is 0.718. The van der Waals surface area contributed by atoms with Gasteiger partial charge in [0, 0.05) is 11.2 Å². The Hall–Kier alpha value is -2.25. The maximum atomic E-state index is 10.2. The van der Waals surface area contributed by atoms with Crippen molar-refractivity contribution in [3.8, 4) is 0 Å². The van der Waals surface area contributed by atoms with Gasteiger partial charge >= 0.3 is 11.9 Å². The Morgan fingerprint density at radius 1 is 1.79 bits per heavy atom. The Bertz CT molecular complexity index is 383. The van der Waals surface area contributed by atoms with E-state index in [9.17, 15) is 14.9 Å². The standard InChI is InChI=1S/C6H6N4O4/c11-5(12)2-1-3-9-4-7-6(8-9)10(13)14/h1-2,4H,3H2,(H,11,12).